The zero-order valence-electron chi connectivity index (χ0n) is 17.8. The van der Waals surface area contributed by atoms with Gasteiger partial charge in [0.05, 0.1) is 17.8 Å². The molecule has 2 aliphatic heterocycles. The Kier molecular flexibility index (Phi) is 5.36. The number of aromatic nitrogens is 1. The number of thioether (sulfide) groups is 1. The molecule has 1 unspecified atom stereocenters. The van der Waals surface area contributed by atoms with Gasteiger partial charge in [-0.25, -0.2) is 9.78 Å². The first-order chi connectivity index (χ1) is 14.3. The molecule has 2 aromatic rings. The van der Waals surface area contributed by atoms with Crippen molar-refractivity contribution in [2.45, 2.75) is 43.2 Å². The number of hydrogen-bond acceptors (Lipinski definition) is 5. The molecule has 3 heterocycles. The second kappa shape index (κ2) is 7.83. The van der Waals surface area contributed by atoms with E-state index in [2.05, 4.69) is 41.7 Å². The maximum Gasteiger partial charge on any atom is 0.321 e. The minimum atomic E-state index is -0.457. The van der Waals surface area contributed by atoms with Crippen LogP contribution >= 0.6 is 11.8 Å². The molecule has 0 bridgehead atoms. The van der Waals surface area contributed by atoms with Crippen molar-refractivity contribution in [1.29, 1.82) is 0 Å². The summed E-state index contributed by atoms with van der Waals surface area (Å²) < 4.78 is 0. The highest BCUT2D eigenvalue weighted by molar-refractivity contribution is 7.98. The predicted octanol–water partition coefficient (Wildman–Crippen LogP) is 4.51. The Labute approximate surface area is 181 Å². The lowest BCUT2D eigenvalue weighted by Gasteiger charge is -2.39. The quantitative estimate of drug-likeness (QED) is 0.618. The van der Waals surface area contributed by atoms with Crippen molar-refractivity contribution in [3.05, 3.63) is 42.6 Å². The first-order valence-electron chi connectivity index (χ1n) is 10.1. The average Bonchev–Trinajstić information content (AvgIpc) is 3.12. The number of benzene rings is 1. The van der Waals surface area contributed by atoms with Crippen LogP contribution in [0.2, 0.25) is 0 Å². The third kappa shape index (κ3) is 4.23. The Hall–Kier alpha value is -2.74. The van der Waals surface area contributed by atoms with Crippen molar-refractivity contribution in [2.24, 2.45) is 4.99 Å². The molecule has 0 saturated carbocycles. The van der Waals surface area contributed by atoms with Crippen molar-refractivity contribution in [1.82, 2.24) is 9.88 Å². The van der Waals surface area contributed by atoms with E-state index in [1.165, 1.54) is 0 Å². The lowest BCUT2D eigenvalue weighted by atomic mass is 9.93. The van der Waals surface area contributed by atoms with Gasteiger partial charge in [0, 0.05) is 23.3 Å². The third-order valence-electron chi connectivity index (χ3n) is 5.20. The molecular formula is C22H28N6OS. The fourth-order valence-corrected chi connectivity index (χ4v) is 4.27. The molecule has 3 N–H and O–H groups in total. The molecule has 158 valence electrons. The van der Waals surface area contributed by atoms with Gasteiger partial charge in [0.1, 0.15) is 11.4 Å². The molecule has 30 heavy (non-hydrogen) atoms. The Bertz CT molecular complexity index is 986. The second-order valence-corrected chi connectivity index (χ2v) is 9.58. The number of carbonyl (C=O) groups is 1. The molecule has 8 heteroatoms. The van der Waals surface area contributed by atoms with Gasteiger partial charge < -0.3 is 20.9 Å². The number of aliphatic imine (C=N–C) groups is 1. The summed E-state index contributed by atoms with van der Waals surface area (Å²) in [7, 11) is 0. The van der Waals surface area contributed by atoms with E-state index in [-0.39, 0.29) is 11.6 Å². The highest BCUT2D eigenvalue weighted by atomic mass is 32.2. The average molecular weight is 425 g/mol. The van der Waals surface area contributed by atoms with Gasteiger partial charge in [-0.05, 0) is 63.8 Å². The molecule has 1 aromatic carbocycles. The lowest BCUT2D eigenvalue weighted by molar-refractivity contribution is 0.221. The van der Waals surface area contributed by atoms with Gasteiger partial charge >= 0.3 is 6.03 Å². The number of likely N-dealkylation sites (tertiary alicyclic amines) is 1. The van der Waals surface area contributed by atoms with Crippen LogP contribution in [0.15, 0.2) is 52.5 Å². The van der Waals surface area contributed by atoms with Gasteiger partial charge in [0.15, 0.2) is 5.82 Å². The maximum absolute atomic E-state index is 13.0. The number of amides is 2. The number of pyridine rings is 1. The van der Waals surface area contributed by atoms with E-state index in [4.69, 9.17) is 4.99 Å². The van der Waals surface area contributed by atoms with E-state index in [0.29, 0.717) is 13.1 Å². The van der Waals surface area contributed by atoms with E-state index in [0.717, 1.165) is 34.3 Å². The zero-order chi connectivity index (χ0) is 21.4. The molecular weight excluding hydrogens is 396 g/mol. The topological polar surface area (TPSA) is 81.7 Å². The van der Waals surface area contributed by atoms with Crippen LogP contribution in [0.4, 0.5) is 22.0 Å². The first kappa shape index (κ1) is 20.5. The Morgan fingerprint density at radius 1 is 1.30 bits per heavy atom. The SMILES string of the molecule is CSc1cccc(NC(=O)N2CCC3(C2)Nc2cccnc2NC3=NC(C)(C)C)c1. The molecule has 1 aromatic heterocycles. The third-order valence-corrected chi connectivity index (χ3v) is 5.92. The zero-order valence-corrected chi connectivity index (χ0v) is 18.6. The Morgan fingerprint density at radius 3 is 2.90 bits per heavy atom. The van der Waals surface area contributed by atoms with Gasteiger partial charge in [0.25, 0.3) is 0 Å². The lowest BCUT2D eigenvalue weighted by Crippen LogP contribution is -2.55. The molecule has 4 rings (SSSR count). The van der Waals surface area contributed by atoms with Gasteiger partial charge in [-0.15, -0.1) is 11.8 Å². The second-order valence-electron chi connectivity index (χ2n) is 8.70. The molecule has 1 spiro atoms. The summed E-state index contributed by atoms with van der Waals surface area (Å²) in [5.41, 5.74) is 1.03. The summed E-state index contributed by atoms with van der Waals surface area (Å²) in [5.74, 6) is 1.60. The molecule has 1 atom stereocenters. The molecule has 0 radical (unpaired) electrons. The number of fused-ring (bicyclic) bond motifs is 1. The van der Waals surface area contributed by atoms with E-state index in [9.17, 15) is 4.79 Å². The monoisotopic (exact) mass is 424 g/mol. The molecule has 0 aliphatic carbocycles. The molecule has 2 amide bonds. The van der Waals surface area contributed by atoms with E-state index < -0.39 is 5.54 Å². The van der Waals surface area contributed by atoms with Gasteiger partial charge in [-0.2, -0.15) is 0 Å². The highest BCUT2D eigenvalue weighted by Crippen LogP contribution is 2.36. The largest absolute Gasteiger partial charge is 0.368 e. The summed E-state index contributed by atoms with van der Waals surface area (Å²) in [6, 6.07) is 11.7. The van der Waals surface area contributed by atoms with Crippen LogP contribution in [0.1, 0.15) is 27.2 Å². The van der Waals surface area contributed by atoms with Crippen molar-refractivity contribution in [2.75, 3.05) is 35.3 Å². The Morgan fingerprint density at radius 2 is 2.13 bits per heavy atom. The van der Waals surface area contributed by atoms with E-state index >= 15 is 0 Å². The minimum absolute atomic E-state index is 0.0981. The summed E-state index contributed by atoms with van der Waals surface area (Å²) in [6.07, 6.45) is 4.55. The van der Waals surface area contributed by atoms with Crippen LogP contribution in [0.5, 0.6) is 0 Å². The summed E-state index contributed by atoms with van der Waals surface area (Å²) in [6.45, 7) is 7.38. The number of amidine groups is 1. The number of hydrogen-bond donors (Lipinski definition) is 3. The Balaban J connectivity index is 1.57. The van der Waals surface area contributed by atoms with Crippen LogP contribution in [0.3, 0.4) is 0 Å². The minimum Gasteiger partial charge on any atom is -0.368 e. The number of nitrogens with zero attached hydrogens (tertiary/aromatic N) is 3. The van der Waals surface area contributed by atoms with Gasteiger partial charge in [0.2, 0.25) is 0 Å². The molecule has 1 fully saturated rings. The first-order valence-corrected chi connectivity index (χ1v) is 11.3. The summed E-state index contributed by atoms with van der Waals surface area (Å²) >= 11 is 1.65. The van der Waals surface area contributed by atoms with Crippen molar-refractivity contribution in [3.8, 4) is 0 Å². The number of rotatable bonds is 2. The number of urea groups is 1. The smallest absolute Gasteiger partial charge is 0.321 e. The van der Waals surface area contributed by atoms with Crippen LogP contribution in [0, 0.1) is 0 Å². The highest BCUT2D eigenvalue weighted by Gasteiger charge is 2.47. The van der Waals surface area contributed by atoms with E-state index in [1.807, 2.05) is 47.6 Å². The van der Waals surface area contributed by atoms with Gasteiger partial charge in [-0.1, -0.05) is 6.07 Å². The van der Waals surface area contributed by atoms with Gasteiger partial charge in [-0.3, -0.25) is 4.99 Å². The van der Waals surface area contributed by atoms with Crippen molar-refractivity contribution < 1.29 is 4.79 Å². The number of anilines is 3. The molecule has 2 aliphatic rings. The van der Waals surface area contributed by atoms with Crippen LogP contribution in [-0.4, -0.2) is 52.2 Å². The number of nitrogens with one attached hydrogen (secondary N) is 3. The predicted molar refractivity (Wildman–Crippen MR) is 125 cm³/mol. The molecule has 1 saturated heterocycles. The fraction of sp³-hybridized carbons (Fsp3) is 0.409. The van der Waals surface area contributed by atoms with Crippen LogP contribution < -0.4 is 16.0 Å². The summed E-state index contributed by atoms with van der Waals surface area (Å²) in [5, 5.41) is 10.1. The standard InChI is InChI=1S/C22H28N6OS/c1-21(2,3)27-19-22(26-17-9-6-11-23-18(17)25-19)10-12-28(14-22)20(29)24-15-7-5-8-16(13-15)30-4/h5-9,11,13,26H,10,12,14H2,1-4H3,(H,24,29)(H,23,25,27). The van der Waals surface area contributed by atoms with Crippen LogP contribution in [-0.2, 0) is 0 Å². The normalized spacial score (nSPS) is 21.9. The van der Waals surface area contributed by atoms with E-state index in [1.54, 1.807) is 18.0 Å². The van der Waals surface area contributed by atoms with Crippen molar-refractivity contribution >= 4 is 40.8 Å². The molecule has 7 nitrogen and oxygen atoms in total. The fourth-order valence-electron chi connectivity index (χ4n) is 3.81. The number of carbonyl (C=O) groups excluding carboxylic acids is 1. The van der Waals surface area contributed by atoms with Crippen LogP contribution in [0.25, 0.3) is 0 Å². The maximum atomic E-state index is 13.0. The summed E-state index contributed by atoms with van der Waals surface area (Å²) in [4.78, 5) is 25.3. The van der Waals surface area contributed by atoms with Crippen molar-refractivity contribution in [3.63, 3.8) is 0 Å².